The predicted molar refractivity (Wildman–Crippen MR) is 95.8 cm³/mol. The number of aryl methyl sites for hydroxylation is 2. The number of halogens is 1. The van der Waals surface area contributed by atoms with Crippen LogP contribution in [0.25, 0.3) is 0 Å². The maximum atomic E-state index is 12.8. The molecule has 2 aromatic rings. The molecule has 0 radical (unpaired) electrons. The first-order valence-corrected chi connectivity index (χ1v) is 9.28. The van der Waals surface area contributed by atoms with Gasteiger partial charge in [0, 0.05) is 11.3 Å². The average molecular weight is 360 g/mol. The molecule has 25 heavy (non-hydrogen) atoms. The summed E-state index contributed by atoms with van der Waals surface area (Å²) in [5.74, 6) is -0.188. The molecule has 0 fully saturated rings. The monoisotopic (exact) mass is 360 g/mol. The van der Waals surface area contributed by atoms with Gasteiger partial charge in [-0.3, -0.25) is 20.4 Å². The number of nitrogens with one attached hydrogen (secondary N) is 2. The zero-order valence-electron chi connectivity index (χ0n) is 14.1. The molecular formula is C19H21FN2O2S. The van der Waals surface area contributed by atoms with E-state index in [-0.39, 0.29) is 24.1 Å². The Balaban J connectivity index is 1.47. The zero-order chi connectivity index (χ0) is 17.8. The van der Waals surface area contributed by atoms with Gasteiger partial charge in [0.15, 0.2) is 0 Å². The zero-order valence-corrected chi connectivity index (χ0v) is 14.9. The summed E-state index contributed by atoms with van der Waals surface area (Å²) in [4.78, 5) is 26.0. The minimum absolute atomic E-state index is 0.227. The van der Waals surface area contributed by atoms with Gasteiger partial charge in [-0.1, -0.05) is 19.1 Å². The molecule has 1 aliphatic rings. The van der Waals surface area contributed by atoms with Gasteiger partial charge < -0.3 is 0 Å². The molecule has 1 heterocycles. The van der Waals surface area contributed by atoms with Crippen molar-refractivity contribution in [3.05, 3.63) is 57.0 Å². The molecular weight excluding hydrogens is 339 g/mol. The molecule has 4 nitrogen and oxygen atoms in total. The smallest absolute Gasteiger partial charge is 0.273 e. The number of fused-ring (bicyclic) bond motifs is 1. The topological polar surface area (TPSA) is 58.2 Å². The first-order valence-electron chi connectivity index (χ1n) is 8.46. The Bertz CT molecular complexity index is 770. The maximum Gasteiger partial charge on any atom is 0.279 e. The van der Waals surface area contributed by atoms with Gasteiger partial charge in [0.25, 0.3) is 5.91 Å². The van der Waals surface area contributed by atoms with Crippen LogP contribution in [0.2, 0.25) is 0 Å². The number of hydrogen-bond acceptors (Lipinski definition) is 3. The van der Waals surface area contributed by atoms with Crippen LogP contribution >= 0.6 is 11.3 Å². The van der Waals surface area contributed by atoms with E-state index < -0.39 is 0 Å². The molecule has 0 bridgehead atoms. The van der Waals surface area contributed by atoms with Crippen molar-refractivity contribution < 1.29 is 14.0 Å². The third-order valence-corrected chi connectivity index (χ3v) is 5.66. The lowest BCUT2D eigenvalue weighted by molar-refractivity contribution is -0.121. The summed E-state index contributed by atoms with van der Waals surface area (Å²) < 4.78 is 12.8. The quantitative estimate of drug-likeness (QED) is 0.821. The van der Waals surface area contributed by atoms with Crippen LogP contribution in [0.4, 0.5) is 4.39 Å². The summed E-state index contributed by atoms with van der Waals surface area (Å²) in [7, 11) is 0. The molecule has 2 amide bonds. The Morgan fingerprint density at radius 1 is 1.24 bits per heavy atom. The van der Waals surface area contributed by atoms with Crippen molar-refractivity contribution in [2.75, 3.05) is 0 Å². The van der Waals surface area contributed by atoms with Gasteiger partial charge in [-0.2, -0.15) is 0 Å². The van der Waals surface area contributed by atoms with Gasteiger partial charge in [0.05, 0.1) is 4.88 Å². The molecule has 0 unspecified atom stereocenters. The minimum Gasteiger partial charge on any atom is -0.273 e. The van der Waals surface area contributed by atoms with Crippen LogP contribution < -0.4 is 10.9 Å². The molecule has 1 aromatic heterocycles. The molecule has 1 aromatic carbocycles. The van der Waals surface area contributed by atoms with Crippen molar-refractivity contribution >= 4 is 23.2 Å². The second-order valence-electron chi connectivity index (χ2n) is 6.54. The van der Waals surface area contributed by atoms with E-state index in [9.17, 15) is 14.0 Å². The third kappa shape index (κ3) is 4.66. The van der Waals surface area contributed by atoms with Crippen LogP contribution in [0.1, 0.15) is 45.4 Å². The second kappa shape index (κ2) is 7.78. The summed E-state index contributed by atoms with van der Waals surface area (Å²) >= 11 is 1.51. The van der Waals surface area contributed by atoms with E-state index >= 15 is 0 Å². The van der Waals surface area contributed by atoms with Crippen molar-refractivity contribution in [3.8, 4) is 0 Å². The van der Waals surface area contributed by atoms with Gasteiger partial charge in [0.2, 0.25) is 5.91 Å². The highest BCUT2D eigenvalue weighted by atomic mass is 32.1. The standard InChI is InChI=1S/C19H21FN2O2S/c1-12-2-8-16-14(10-12)11-17(25-16)19(24)22-21-18(23)9-5-13-3-6-15(20)7-4-13/h3-4,6-7,11-12H,2,5,8-10H2,1H3,(H,21,23)(H,22,24)/t12-/m0/s1. The van der Waals surface area contributed by atoms with Crippen molar-refractivity contribution in [2.45, 2.75) is 39.0 Å². The fraction of sp³-hybridized carbons (Fsp3) is 0.368. The van der Waals surface area contributed by atoms with Crippen LogP contribution in [0.5, 0.6) is 0 Å². The summed E-state index contributed by atoms with van der Waals surface area (Å²) in [6, 6.07) is 7.98. The normalized spacial score (nSPS) is 16.2. The Kier molecular flexibility index (Phi) is 5.48. The molecule has 2 N–H and O–H groups in total. The van der Waals surface area contributed by atoms with Crippen LogP contribution in [-0.2, 0) is 24.1 Å². The first kappa shape index (κ1) is 17.6. The Morgan fingerprint density at radius 3 is 2.76 bits per heavy atom. The number of hydrogen-bond donors (Lipinski definition) is 2. The van der Waals surface area contributed by atoms with Crippen molar-refractivity contribution in [1.29, 1.82) is 0 Å². The van der Waals surface area contributed by atoms with E-state index in [0.29, 0.717) is 17.2 Å². The number of thiophene rings is 1. The molecule has 1 aliphatic carbocycles. The van der Waals surface area contributed by atoms with E-state index in [1.807, 2.05) is 6.07 Å². The molecule has 1 atom stereocenters. The molecule has 0 aliphatic heterocycles. The van der Waals surface area contributed by atoms with E-state index in [0.717, 1.165) is 24.8 Å². The Morgan fingerprint density at radius 2 is 2.00 bits per heavy atom. The van der Waals surface area contributed by atoms with Gasteiger partial charge in [-0.05, 0) is 60.9 Å². The Labute approximate surface area is 150 Å². The van der Waals surface area contributed by atoms with Crippen LogP contribution in [0.3, 0.4) is 0 Å². The fourth-order valence-corrected chi connectivity index (χ4v) is 4.08. The highest BCUT2D eigenvalue weighted by Crippen LogP contribution is 2.32. The van der Waals surface area contributed by atoms with E-state index in [4.69, 9.17) is 0 Å². The third-order valence-electron chi connectivity index (χ3n) is 4.42. The summed E-state index contributed by atoms with van der Waals surface area (Å²) in [5.41, 5.74) is 7.06. The first-order chi connectivity index (χ1) is 12.0. The molecule has 0 saturated carbocycles. The van der Waals surface area contributed by atoms with E-state index in [1.165, 1.54) is 33.9 Å². The van der Waals surface area contributed by atoms with E-state index in [1.54, 1.807) is 12.1 Å². The molecule has 0 spiro atoms. The number of amides is 2. The Hall–Kier alpha value is -2.21. The number of hydrazine groups is 1. The molecule has 3 rings (SSSR count). The lowest BCUT2D eigenvalue weighted by Crippen LogP contribution is -2.41. The van der Waals surface area contributed by atoms with E-state index in [2.05, 4.69) is 17.8 Å². The largest absolute Gasteiger partial charge is 0.279 e. The number of rotatable bonds is 4. The highest BCUT2D eigenvalue weighted by molar-refractivity contribution is 7.14. The molecule has 0 saturated heterocycles. The SMILES string of the molecule is C[C@H]1CCc2sc(C(=O)NNC(=O)CCc3ccc(F)cc3)cc2C1. The number of benzene rings is 1. The van der Waals surface area contributed by atoms with Gasteiger partial charge in [0.1, 0.15) is 5.82 Å². The van der Waals surface area contributed by atoms with Crippen molar-refractivity contribution in [1.82, 2.24) is 10.9 Å². The second-order valence-corrected chi connectivity index (χ2v) is 7.67. The number of carbonyl (C=O) groups excluding carboxylic acids is 2. The average Bonchev–Trinajstić information content (AvgIpc) is 3.02. The van der Waals surface area contributed by atoms with Gasteiger partial charge in [-0.15, -0.1) is 11.3 Å². The van der Waals surface area contributed by atoms with Gasteiger partial charge in [-0.25, -0.2) is 4.39 Å². The van der Waals surface area contributed by atoms with Crippen molar-refractivity contribution in [2.24, 2.45) is 5.92 Å². The lowest BCUT2D eigenvalue weighted by atomic mass is 9.90. The summed E-state index contributed by atoms with van der Waals surface area (Å²) in [6.45, 7) is 2.22. The van der Waals surface area contributed by atoms with Crippen LogP contribution in [0.15, 0.2) is 30.3 Å². The molecule has 132 valence electrons. The van der Waals surface area contributed by atoms with Crippen LogP contribution in [0, 0.1) is 11.7 Å². The van der Waals surface area contributed by atoms with Crippen LogP contribution in [-0.4, -0.2) is 11.8 Å². The lowest BCUT2D eigenvalue weighted by Gasteiger charge is -2.16. The predicted octanol–water partition coefficient (Wildman–Crippen LogP) is 3.41. The summed E-state index contributed by atoms with van der Waals surface area (Å²) in [6.07, 6.45) is 3.92. The number of carbonyl (C=O) groups is 2. The maximum absolute atomic E-state index is 12.8. The highest BCUT2D eigenvalue weighted by Gasteiger charge is 2.20. The molecule has 6 heteroatoms. The van der Waals surface area contributed by atoms with Gasteiger partial charge >= 0.3 is 0 Å². The summed E-state index contributed by atoms with van der Waals surface area (Å²) in [5, 5.41) is 0. The fourth-order valence-electron chi connectivity index (χ4n) is 2.98. The minimum atomic E-state index is -0.298. The van der Waals surface area contributed by atoms with Crippen molar-refractivity contribution in [3.63, 3.8) is 0 Å².